The van der Waals surface area contributed by atoms with Crippen molar-refractivity contribution in [1.82, 2.24) is 9.88 Å². The second-order valence-corrected chi connectivity index (χ2v) is 5.45. The third-order valence-corrected chi connectivity index (χ3v) is 3.29. The molecule has 0 unspecified atom stereocenters. The maximum Gasteiger partial charge on any atom is 0.257 e. The minimum absolute atomic E-state index is 0.104. The SMILES string of the molecule is Cc1ccc(NC(=O)CN(C)C(=O)c2cc(C)ccc2O)nc1. The second-order valence-electron chi connectivity index (χ2n) is 5.45. The van der Waals surface area contributed by atoms with Gasteiger partial charge >= 0.3 is 0 Å². The van der Waals surface area contributed by atoms with E-state index in [-0.39, 0.29) is 23.8 Å². The molecule has 0 saturated carbocycles. The zero-order chi connectivity index (χ0) is 17.0. The largest absolute Gasteiger partial charge is 0.507 e. The highest BCUT2D eigenvalue weighted by Gasteiger charge is 2.18. The van der Waals surface area contributed by atoms with Gasteiger partial charge in [-0.15, -0.1) is 0 Å². The molecule has 1 heterocycles. The van der Waals surface area contributed by atoms with Crippen molar-refractivity contribution in [1.29, 1.82) is 0 Å². The average molecular weight is 313 g/mol. The average Bonchev–Trinajstić information content (AvgIpc) is 2.51. The summed E-state index contributed by atoms with van der Waals surface area (Å²) in [4.78, 5) is 29.6. The molecule has 1 aromatic carbocycles. The minimum atomic E-state index is -0.418. The predicted molar refractivity (Wildman–Crippen MR) is 87.4 cm³/mol. The molecule has 2 amide bonds. The van der Waals surface area contributed by atoms with Gasteiger partial charge in [0.1, 0.15) is 11.6 Å². The minimum Gasteiger partial charge on any atom is -0.507 e. The van der Waals surface area contributed by atoms with E-state index in [9.17, 15) is 14.7 Å². The van der Waals surface area contributed by atoms with Crippen molar-refractivity contribution in [3.05, 3.63) is 53.2 Å². The number of aryl methyl sites for hydroxylation is 2. The number of rotatable bonds is 4. The van der Waals surface area contributed by atoms with Crippen LogP contribution in [0.5, 0.6) is 5.75 Å². The zero-order valence-electron chi connectivity index (χ0n) is 13.3. The highest BCUT2D eigenvalue weighted by molar-refractivity contribution is 6.00. The lowest BCUT2D eigenvalue weighted by atomic mass is 10.1. The van der Waals surface area contributed by atoms with Gasteiger partial charge in [0.2, 0.25) is 5.91 Å². The molecule has 0 radical (unpaired) electrons. The summed E-state index contributed by atoms with van der Waals surface area (Å²) >= 11 is 0. The summed E-state index contributed by atoms with van der Waals surface area (Å²) in [5, 5.41) is 12.4. The van der Waals surface area contributed by atoms with Crippen molar-refractivity contribution in [2.45, 2.75) is 13.8 Å². The fourth-order valence-corrected chi connectivity index (χ4v) is 2.04. The van der Waals surface area contributed by atoms with Gasteiger partial charge in [-0.25, -0.2) is 4.98 Å². The number of carbonyl (C=O) groups is 2. The third kappa shape index (κ3) is 4.29. The number of hydrogen-bond donors (Lipinski definition) is 2. The smallest absolute Gasteiger partial charge is 0.257 e. The first-order valence-corrected chi connectivity index (χ1v) is 7.14. The molecule has 0 saturated heterocycles. The van der Waals surface area contributed by atoms with E-state index in [0.29, 0.717) is 5.82 Å². The number of nitrogens with zero attached hydrogens (tertiary/aromatic N) is 2. The number of pyridine rings is 1. The van der Waals surface area contributed by atoms with E-state index < -0.39 is 5.91 Å². The van der Waals surface area contributed by atoms with Gasteiger partial charge in [-0.2, -0.15) is 0 Å². The molecule has 0 aliphatic heterocycles. The fourth-order valence-electron chi connectivity index (χ4n) is 2.04. The molecule has 0 bridgehead atoms. The Morgan fingerprint density at radius 1 is 1.17 bits per heavy atom. The third-order valence-electron chi connectivity index (χ3n) is 3.29. The Balaban J connectivity index is 2.01. The summed E-state index contributed by atoms with van der Waals surface area (Å²) in [5.41, 5.74) is 2.02. The van der Waals surface area contributed by atoms with Crippen LogP contribution in [0.15, 0.2) is 36.5 Å². The van der Waals surface area contributed by atoms with E-state index in [1.165, 1.54) is 18.0 Å². The number of aromatic nitrogens is 1. The standard InChI is InChI=1S/C17H19N3O3/c1-11-4-6-14(21)13(8-11)17(23)20(3)10-16(22)19-15-7-5-12(2)9-18-15/h4-9,21H,10H2,1-3H3,(H,18,19,22). The van der Waals surface area contributed by atoms with Crippen LogP contribution in [0.1, 0.15) is 21.5 Å². The molecule has 1 aromatic heterocycles. The van der Waals surface area contributed by atoms with Crippen molar-refractivity contribution in [2.24, 2.45) is 0 Å². The van der Waals surface area contributed by atoms with Crippen molar-refractivity contribution in [3.63, 3.8) is 0 Å². The monoisotopic (exact) mass is 313 g/mol. The van der Waals surface area contributed by atoms with Crippen LogP contribution in [0.3, 0.4) is 0 Å². The van der Waals surface area contributed by atoms with Crippen LogP contribution in [0, 0.1) is 13.8 Å². The number of anilines is 1. The Hall–Kier alpha value is -2.89. The second kappa shape index (κ2) is 6.91. The maximum atomic E-state index is 12.3. The molecule has 0 fully saturated rings. The van der Waals surface area contributed by atoms with E-state index in [2.05, 4.69) is 10.3 Å². The molecular weight excluding hydrogens is 294 g/mol. The van der Waals surface area contributed by atoms with Crippen molar-refractivity contribution in [3.8, 4) is 5.75 Å². The van der Waals surface area contributed by atoms with E-state index in [1.54, 1.807) is 24.4 Å². The molecule has 6 heteroatoms. The van der Waals surface area contributed by atoms with Gasteiger partial charge in [0.05, 0.1) is 12.1 Å². The molecule has 120 valence electrons. The van der Waals surface area contributed by atoms with Crippen LogP contribution in [-0.2, 0) is 4.79 Å². The highest BCUT2D eigenvalue weighted by Crippen LogP contribution is 2.19. The van der Waals surface area contributed by atoms with E-state index in [4.69, 9.17) is 0 Å². The van der Waals surface area contributed by atoms with Crippen LogP contribution >= 0.6 is 0 Å². The van der Waals surface area contributed by atoms with Gasteiger partial charge in [-0.05, 0) is 37.6 Å². The van der Waals surface area contributed by atoms with Gasteiger partial charge in [-0.1, -0.05) is 17.7 Å². The normalized spacial score (nSPS) is 10.2. The molecule has 23 heavy (non-hydrogen) atoms. The van der Waals surface area contributed by atoms with E-state index in [1.807, 2.05) is 19.9 Å². The molecule has 0 aliphatic carbocycles. The summed E-state index contributed by atoms with van der Waals surface area (Å²) in [7, 11) is 1.51. The Kier molecular flexibility index (Phi) is 4.95. The Bertz CT molecular complexity index is 726. The summed E-state index contributed by atoms with van der Waals surface area (Å²) in [6.07, 6.45) is 1.65. The number of phenolic OH excluding ortho intramolecular Hbond substituents is 1. The van der Waals surface area contributed by atoms with Crippen LogP contribution in [-0.4, -0.2) is 40.4 Å². The summed E-state index contributed by atoms with van der Waals surface area (Å²) < 4.78 is 0. The van der Waals surface area contributed by atoms with Gasteiger partial charge in [0, 0.05) is 13.2 Å². The lowest BCUT2D eigenvalue weighted by Crippen LogP contribution is -2.35. The first kappa shape index (κ1) is 16.5. The molecular formula is C17H19N3O3. The first-order chi connectivity index (χ1) is 10.9. The molecule has 6 nitrogen and oxygen atoms in total. The Morgan fingerprint density at radius 2 is 1.87 bits per heavy atom. The number of benzene rings is 1. The Labute approximate surface area is 134 Å². The summed E-state index contributed by atoms with van der Waals surface area (Å²) in [6.45, 7) is 3.59. The van der Waals surface area contributed by atoms with Crippen molar-refractivity contribution in [2.75, 3.05) is 18.9 Å². The maximum absolute atomic E-state index is 12.3. The molecule has 0 spiro atoms. The lowest BCUT2D eigenvalue weighted by Gasteiger charge is -2.17. The number of nitrogens with one attached hydrogen (secondary N) is 1. The van der Waals surface area contributed by atoms with Gasteiger partial charge in [-0.3, -0.25) is 9.59 Å². The number of aromatic hydroxyl groups is 1. The quantitative estimate of drug-likeness (QED) is 0.905. The number of amides is 2. The van der Waals surface area contributed by atoms with Crippen molar-refractivity contribution >= 4 is 17.6 Å². The van der Waals surface area contributed by atoms with Gasteiger partial charge in [0.15, 0.2) is 0 Å². The van der Waals surface area contributed by atoms with Crippen molar-refractivity contribution < 1.29 is 14.7 Å². The van der Waals surface area contributed by atoms with Gasteiger partial charge < -0.3 is 15.3 Å². The summed E-state index contributed by atoms with van der Waals surface area (Å²) in [5.74, 6) is -0.449. The summed E-state index contributed by atoms with van der Waals surface area (Å²) in [6, 6.07) is 8.30. The van der Waals surface area contributed by atoms with Crippen LogP contribution in [0.25, 0.3) is 0 Å². The highest BCUT2D eigenvalue weighted by atomic mass is 16.3. The number of hydrogen-bond acceptors (Lipinski definition) is 4. The number of phenols is 1. The molecule has 0 aliphatic rings. The topological polar surface area (TPSA) is 82.5 Å². The van der Waals surface area contributed by atoms with Crippen LogP contribution < -0.4 is 5.32 Å². The van der Waals surface area contributed by atoms with E-state index in [0.717, 1.165) is 11.1 Å². The van der Waals surface area contributed by atoms with Gasteiger partial charge in [0.25, 0.3) is 5.91 Å². The molecule has 2 rings (SSSR count). The number of likely N-dealkylation sites (N-methyl/N-ethyl adjacent to an activating group) is 1. The number of carbonyl (C=O) groups excluding carboxylic acids is 2. The molecule has 0 atom stereocenters. The van der Waals surface area contributed by atoms with Crippen LogP contribution in [0.4, 0.5) is 5.82 Å². The predicted octanol–water partition coefficient (Wildman–Crippen LogP) is 2.11. The molecule has 2 N–H and O–H groups in total. The first-order valence-electron chi connectivity index (χ1n) is 7.14. The van der Waals surface area contributed by atoms with Crippen LogP contribution in [0.2, 0.25) is 0 Å². The fraction of sp³-hybridized carbons (Fsp3) is 0.235. The zero-order valence-corrected chi connectivity index (χ0v) is 13.3. The molecule has 2 aromatic rings. The Morgan fingerprint density at radius 3 is 2.52 bits per heavy atom. The van der Waals surface area contributed by atoms with E-state index >= 15 is 0 Å². The lowest BCUT2D eigenvalue weighted by molar-refractivity contribution is -0.116.